The smallest absolute Gasteiger partial charge is 0.418 e. The minimum absolute atomic E-state index is 0.473. The first-order valence-electron chi connectivity index (χ1n) is 9.66. The third-order valence-corrected chi connectivity index (χ3v) is 6.57. The van der Waals surface area contributed by atoms with Gasteiger partial charge in [0.05, 0.1) is 23.3 Å². The second-order valence-electron chi connectivity index (χ2n) is 8.08. The molecule has 0 radical (unpaired) electrons. The summed E-state index contributed by atoms with van der Waals surface area (Å²) in [7, 11) is 0. The Bertz CT molecular complexity index is 1050. The number of nitrogens with one attached hydrogen (secondary N) is 1. The van der Waals surface area contributed by atoms with Crippen LogP contribution in [-0.4, -0.2) is 30.7 Å². The first-order chi connectivity index (χ1) is 15.2. The molecular weight excluding hydrogens is 453 g/mol. The third-order valence-electron chi connectivity index (χ3n) is 6.57. The van der Waals surface area contributed by atoms with E-state index in [1.165, 1.54) is 6.07 Å². The van der Waals surface area contributed by atoms with Crippen molar-refractivity contribution in [3.8, 4) is 12.1 Å². The van der Waals surface area contributed by atoms with Crippen LogP contribution in [0.5, 0.6) is 0 Å². The van der Waals surface area contributed by atoms with Gasteiger partial charge in [0.1, 0.15) is 12.5 Å². The lowest BCUT2D eigenvalue weighted by molar-refractivity contribution is -0.336. The first-order valence-corrected chi connectivity index (χ1v) is 9.66. The third kappa shape index (κ3) is 3.89. The largest absolute Gasteiger partial charge is 0.549 e. The van der Waals surface area contributed by atoms with Gasteiger partial charge in [-0.1, -0.05) is 6.92 Å². The zero-order valence-electron chi connectivity index (χ0n) is 17.4. The minimum Gasteiger partial charge on any atom is -0.549 e. The van der Waals surface area contributed by atoms with Gasteiger partial charge in [-0.3, -0.25) is 0 Å². The number of nitriles is 2. The Morgan fingerprint density at radius 3 is 2.24 bits per heavy atom. The van der Waals surface area contributed by atoms with E-state index in [2.05, 4.69) is 5.32 Å². The highest BCUT2D eigenvalue weighted by Crippen LogP contribution is 2.59. The summed E-state index contributed by atoms with van der Waals surface area (Å²) in [6.07, 6.45) is -6.75. The molecule has 0 saturated carbocycles. The lowest BCUT2D eigenvalue weighted by Gasteiger charge is -2.61. The van der Waals surface area contributed by atoms with Crippen LogP contribution in [0.2, 0.25) is 0 Å². The van der Waals surface area contributed by atoms with Crippen molar-refractivity contribution in [2.45, 2.75) is 50.9 Å². The van der Waals surface area contributed by atoms with Crippen molar-refractivity contribution in [1.29, 1.82) is 10.5 Å². The number of alkyl halides is 4. The summed E-state index contributed by atoms with van der Waals surface area (Å²) in [5.74, 6) is -8.28. The lowest BCUT2D eigenvalue weighted by atomic mass is 9.50. The normalized spacial score (nSPS) is 29.7. The van der Waals surface area contributed by atoms with Crippen LogP contribution < -0.4 is 15.5 Å². The summed E-state index contributed by atoms with van der Waals surface area (Å²) >= 11 is 0. The Hall–Kier alpha value is -3.25. The Morgan fingerprint density at radius 1 is 1.21 bits per heavy atom. The molecule has 1 saturated heterocycles. The molecule has 12 heteroatoms. The molecule has 5 atom stereocenters. The Morgan fingerprint density at radius 2 is 1.82 bits per heavy atom. The number of carboxylic acids is 2. The number of piperidine rings is 1. The number of carboxylic acid groups (broad SMARTS) is 2. The number of nitrogens with zero attached hydrogens (tertiary/aromatic N) is 2. The van der Waals surface area contributed by atoms with E-state index in [0.717, 1.165) is 13.8 Å². The standard InChI is InChI=1S/C21H20F5N3O4/c1-10-20(18(32)33,6-3-7-27)16(19(2,17(30)31)13(8-22)29-10)14-12(23)5-4-11(9-28)15(14)21(24,25)26/h4-5,10,13,16,29H,3,6,8H2,1-2H3,(H,30,31)(H,32,33)/p-2. The summed E-state index contributed by atoms with van der Waals surface area (Å²) < 4.78 is 71.3. The van der Waals surface area contributed by atoms with Crippen molar-refractivity contribution >= 4 is 11.9 Å². The molecule has 5 unspecified atom stereocenters. The zero-order valence-corrected chi connectivity index (χ0v) is 17.4. The SMILES string of the molecule is CC1NC(CF)C(C)(C(=O)[O-])C(c2c(F)ccc(C#N)c2C(F)(F)F)C1(CCC#N)C(=O)[O-]. The molecule has 1 aliphatic heterocycles. The number of halogens is 5. The van der Waals surface area contributed by atoms with Gasteiger partial charge in [0, 0.05) is 52.8 Å². The molecule has 1 heterocycles. The zero-order chi connectivity index (χ0) is 25.4. The predicted octanol–water partition coefficient (Wildman–Crippen LogP) is 0.926. The van der Waals surface area contributed by atoms with Gasteiger partial charge in [-0.05, 0) is 25.5 Å². The maximum absolute atomic E-state index is 15.2. The Balaban J connectivity index is 3.18. The second kappa shape index (κ2) is 8.94. The van der Waals surface area contributed by atoms with Gasteiger partial charge in [-0.2, -0.15) is 23.7 Å². The highest BCUT2D eigenvalue weighted by atomic mass is 19.4. The lowest BCUT2D eigenvalue weighted by Crippen LogP contribution is -2.73. The van der Waals surface area contributed by atoms with E-state index in [1.807, 2.05) is 0 Å². The van der Waals surface area contributed by atoms with Crippen LogP contribution in [0.3, 0.4) is 0 Å². The minimum atomic E-state index is -5.42. The number of carbonyl (C=O) groups excluding carboxylic acids is 2. The molecule has 178 valence electrons. The molecule has 7 nitrogen and oxygen atoms in total. The van der Waals surface area contributed by atoms with Gasteiger partial charge in [0.2, 0.25) is 0 Å². The van der Waals surface area contributed by atoms with Crippen molar-refractivity contribution in [3.63, 3.8) is 0 Å². The molecule has 1 aromatic carbocycles. The number of carbonyl (C=O) groups is 2. The molecule has 1 N–H and O–H groups in total. The molecule has 0 amide bonds. The predicted molar refractivity (Wildman–Crippen MR) is 96.6 cm³/mol. The highest BCUT2D eigenvalue weighted by Gasteiger charge is 2.62. The van der Waals surface area contributed by atoms with Crippen molar-refractivity contribution in [2.24, 2.45) is 10.8 Å². The van der Waals surface area contributed by atoms with Crippen LogP contribution in [0.25, 0.3) is 0 Å². The fourth-order valence-corrected chi connectivity index (χ4v) is 4.93. The number of hydrogen-bond donors (Lipinski definition) is 1. The van der Waals surface area contributed by atoms with Gasteiger partial charge < -0.3 is 25.1 Å². The van der Waals surface area contributed by atoms with E-state index in [9.17, 15) is 42.6 Å². The van der Waals surface area contributed by atoms with E-state index >= 15 is 4.39 Å². The summed E-state index contributed by atoms with van der Waals surface area (Å²) in [5, 5.41) is 45.4. The van der Waals surface area contributed by atoms with Crippen LogP contribution in [0.1, 0.15) is 49.3 Å². The van der Waals surface area contributed by atoms with E-state index < -0.39 is 89.0 Å². The number of aliphatic carboxylic acids is 2. The average Bonchev–Trinajstić information content (AvgIpc) is 2.73. The van der Waals surface area contributed by atoms with E-state index in [0.29, 0.717) is 12.1 Å². The van der Waals surface area contributed by atoms with E-state index in [-0.39, 0.29) is 0 Å². The second-order valence-corrected chi connectivity index (χ2v) is 8.08. The fourth-order valence-electron chi connectivity index (χ4n) is 4.93. The molecule has 0 spiro atoms. The van der Waals surface area contributed by atoms with Crippen LogP contribution in [0, 0.1) is 39.3 Å². The van der Waals surface area contributed by atoms with Crippen molar-refractivity contribution < 1.29 is 41.8 Å². The molecular formula is C21H18F5N3O4-2. The van der Waals surface area contributed by atoms with Gasteiger partial charge in [-0.15, -0.1) is 0 Å². The van der Waals surface area contributed by atoms with Crippen LogP contribution in [-0.2, 0) is 15.8 Å². The van der Waals surface area contributed by atoms with Crippen molar-refractivity contribution in [1.82, 2.24) is 5.32 Å². The van der Waals surface area contributed by atoms with Gasteiger partial charge >= 0.3 is 6.18 Å². The molecule has 2 rings (SSSR count). The van der Waals surface area contributed by atoms with Crippen LogP contribution in [0.15, 0.2) is 12.1 Å². The van der Waals surface area contributed by atoms with Gasteiger partial charge in [-0.25, -0.2) is 8.78 Å². The monoisotopic (exact) mass is 471 g/mol. The van der Waals surface area contributed by atoms with Crippen molar-refractivity contribution in [3.05, 3.63) is 34.6 Å². The summed E-state index contributed by atoms with van der Waals surface area (Å²) in [6.45, 7) is 0.406. The molecule has 0 aromatic heterocycles. The summed E-state index contributed by atoms with van der Waals surface area (Å²) in [6, 6.07) is 0.618. The number of benzene rings is 1. The molecule has 1 fully saturated rings. The van der Waals surface area contributed by atoms with Crippen LogP contribution in [0.4, 0.5) is 22.0 Å². The maximum atomic E-state index is 15.2. The molecule has 1 aromatic rings. The average molecular weight is 471 g/mol. The van der Waals surface area contributed by atoms with Gasteiger partial charge in [0.25, 0.3) is 0 Å². The van der Waals surface area contributed by atoms with E-state index in [1.54, 1.807) is 6.07 Å². The molecule has 0 bridgehead atoms. The summed E-state index contributed by atoms with van der Waals surface area (Å²) in [4.78, 5) is 24.8. The first kappa shape index (κ1) is 26.0. The maximum Gasteiger partial charge on any atom is 0.418 e. The fraction of sp³-hybridized carbons (Fsp3) is 0.524. The van der Waals surface area contributed by atoms with E-state index in [4.69, 9.17) is 5.26 Å². The van der Waals surface area contributed by atoms with Gasteiger partial charge in [0.15, 0.2) is 0 Å². The number of hydrogen-bond acceptors (Lipinski definition) is 7. The molecule has 0 aliphatic carbocycles. The van der Waals surface area contributed by atoms with Crippen molar-refractivity contribution in [2.75, 3.05) is 6.67 Å². The molecule has 33 heavy (non-hydrogen) atoms. The topological polar surface area (TPSA) is 140 Å². The highest BCUT2D eigenvalue weighted by molar-refractivity contribution is 5.82. The summed E-state index contributed by atoms with van der Waals surface area (Å²) in [5.41, 5.74) is -9.77. The Labute approximate surface area is 185 Å². The molecule has 1 aliphatic rings. The van der Waals surface area contributed by atoms with Crippen LogP contribution >= 0.6 is 0 Å². The number of rotatable bonds is 6. The Kier molecular flexibility index (Phi) is 7.05. The quantitative estimate of drug-likeness (QED) is 0.609.